The monoisotopic (exact) mass is 421 g/mol. The second-order valence-corrected chi connectivity index (χ2v) is 7.34. The summed E-state index contributed by atoms with van der Waals surface area (Å²) in [5.74, 6) is -2.26. The van der Waals surface area contributed by atoms with Crippen LogP contribution in [0, 0.1) is 12.8 Å². The Labute approximate surface area is 179 Å². The summed E-state index contributed by atoms with van der Waals surface area (Å²) in [7, 11) is 0. The Balaban J connectivity index is 1.80. The van der Waals surface area contributed by atoms with Crippen molar-refractivity contribution < 1.29 is 23.9 Å². The molecule has 2 amide bonds. The average molecular weight is 421 g/mol. The van der Waals surface area contributed by atoms with E-state index in [1.165, 1.54) is 0 Å². The number of aryl methyl sites for hydroxylation is 1. The summed E-state index contributed by atoms with van der Waals surface area (Å²) in [4.78, 5) is 40.9. The topological polar surface area (TPSA) is 97.3 Å². The fourth-order valence-electron chi connectivity index (χ4n) is 4.00. The van der Waals surface area contributed by atoms with E-state index in [-0.39, 0.29) is 12.3 Å². The summed E-state index contributed by atoms with van der Waals surface area (Å²) in [5.41, 5.74) is 3.16. The van der Waals surface area contributed by atoms with Crippen LogP contribution in [0.1, 0.15) is 25.0 Å². The van der Waals surface area contributed by atoms with Crippen LogP contribution in [-0.4, -0.2) is 36.7 Å². The number of carbonyl (C=O) groups excluding carboxylic acids is 3. The van der Waals surface area contributed by atoms with Crippen molar-refractivity contribution in [1.82, 2.24) is 5.43 Å². The van der Waals surface area contributed by atoms with Crippen LogP contribution in [0.15, 0.2) is 53.6 Å². The molecule has 0 aromatic heterocycles. The molecule has 160 valence electrons. The van der Waals surface area contributed by atoms with Gasteiger partial charge in [-0.3, -0.25) is 15.0 Å². The van der Waals surface area contributed by atoms with Gasteiger partial charge in [0.15, 0.2) is 11.3 Å². The molecule has 2 heterocycles. The molecule has 0 unspecified atom stereocenters. The van der Waals surface area contributed by atoms with E-state index >= 15 is 0 Å². The predicted octanol–water partition coefficient (Wildman–Crippen LogP) is 2.30. The summed E-state index contributed by atoms with van der Waals surface area (Å²) < 4.78 is 10.5. The molecular weight excluding hydrogens is 398 g/mol. The standard InChI is InChI=1S/C23H23N3O5/c1-4-30-17-12-10-16(11-13-17)26-20(27)18-19(21(28)31-5-2)24-25-23(18,22(26)29)15-8-6-14(3)7-9-15/h6-13,18,25H,4-5H2,1-3H3/t18-,23-/m0/s1. The molecule has 4 rings (SSSR count). The Morgan fingerprint density at radius 3 is 2.35 bits per heavy atom. The molecule has 2 atom stereocenters. The number of hydrazone groups is 1. The van der Waals surface area contributed by atoms with Gasteiger partial charge in [0.25, 0.3) is 5.91 Å². The molecule has 0 saturated carbocycles. The molecule has 2 aromatic rings. The third kappa shape index (κ3) is 3.15. The molecule has 2 aliphatic rings. The molecule has 1 fully saturated rings. The van der Waals surface area contributed by atoms with E-state index in [1.807, 2.05) is 26.0 Å². The van der Waals surface area contributed by atoms with E-state index in [4.69, 9.17) is 9.47 Å². The van der Waals surface area contributed by atoms with Crippen molar-refractivity contribution in [3.63, 3.8) is 0 Å². The number of carbonyl (C=O) groups is 3. The number of anilines is 1. The lowest BCUT2D eigenvalue weighted by atomic mass is 9.78. The highest BCUT2D eigenvalue weighted by Gasteiger charge is 2.67. The fourth-order valence-corrected chi connectivity index (χ4v) is 4.00. The zero-order valence-corrected chi connectivity index (χ0v) is 17.5. The van der Waals surface area contributed by atoms with Gasteiger partial charge < -0.3 is 9.47 Å². The molecule has 8 nitrogen and oxygen atoms in total. The molecule has 0 aliphatic carbocycles. The van der Waals surface area contributed by atoms with Crippen LogP contribution < -0.4 is 15.1 Å². The summed E-state index contributed by atoms with van der Waals surface area (Å²) in [5, 5.41) is 4.08. The van der Waals surface area contributed by atoms with Gasteiger partial charge in [-0.1, -0.05) is 29.8 Å². The molecule has 0 spiro atoms. The Kier molecular flexibility index (Phi) is 5.22. The van der Waals surface area contributed by atoms with Gasteiger partial charge in [-0.15, -0.1) is 0 Å². The van der Waals surface area contributed by atoms with Crippen molar-refractivity contribution in [3.05, 3.63) is 59.7 Å². The average Bonchev–Trinajstić information content (AvgIpc) is 3.26. The summed E-state index contributed by atoms with van der Waals surface area (Å²) in [6.07, 6.45) is 0. The first-order valence-electron chi connectivity index (χ1n) is 10.1. The third-order valence-electron chi connectivity index (χ3n) is 5.46. The lowest BCUT2D eigenvalue weighted by Gasteiger charge is -2.26. The maximum atomic E-state index is 13.7. The van der Waals surface area contributed by atoms with Gasteiger partial charge in [-0.25, -0.2) is 9.69 Å². The second kappa shape index (κ2) is 7.86. The maximum absolute atomic E-state index is 13.7. The Bertz CT molecular complexity index is 1060. The number of amides is 2. The maximum Gasteiger partial charge on any atom is 0.355 e. The quantitative estimate of drug-likeness (QED) is 0.568. The number of nitrogens with zero attached hydrogens (tertiary/aromatic N) is 2. The van der Waals surface area contributed by atoms with Crippen LogP contribution in [-0.2, 0) is 24.7 Å². The summed E-state index contributed by atoms with van der Waals surface area (Å²) in [6, 6.07) is 13.9. The summed E-state index contributed by atoms with van der Waals surface area (Å²) in [6.45, 7) is 6.10. The van der Waals surface area contributed by atoms with E-state index in [1.54, 1.807) is 43.3 Å². The minimum absolute atomic E-state index is 0.103. The largest absolute Gasteiger partial charge is 0.494 e. The number of rotatable bonds is 6. The van der Waals surface area contributed by atoms with Gasteiger partial charge >= 0.3 is 5.97 Å². The highest BCUT2D eigenvalue weighted by Crippen LogP contribution is 2.45. The number of fused-ring (bicyclic) bond motifs is 1. The van der Waals surface area contributed by atoms with E-state index < -0.39 is 29.2 Å². The molecule has 1 N–H and O–H groups in total. The van der Waals surface area contributed by atoms with Crippen molar-refractivity contribution >= 4 is 29.2 Å². The first-order valence-corrected chi connectivity index (χ1v) is 10.1. The van der Waals surface area contributed by atoms with Gasteiger partial charge in [-0.2, -0.15) is 5.10 Å². The number of nitrogens with one attached hydrogen (secondary N) is 1. The van der Waals surface area contributed by atoms with E-state index in [9.17, 15) is 14.4 Å². The zero-order chi connectivity index (χ0) is 22.2. The lowest BCUT2D eigenvalue weighted by molar-refractivity contribution is -0.136. The van der Waals surface area contributed by atoms with Crippen molar-refractivity contribution in [2.45, 2.75) is 26.3 Å². The minimum atomic E-state index is -1.51. The Hall–Kier alpha value is -3.68. The van der Waals surface area contributed by atoms with Crippen LogP contribution in [0.25, 0.3) is 0 Å². The Morgan fingerprint density at radius 1 is 1.06 bits per heavy atom. The summed E-state index contributed by atoms with van der Waals surface area (Å²) >= 11 is 0. The number of esters is 1. The number of hydrogen-bond donors (Lipinski definition) is 1. The lowest BCUT2D eigenvalue weighted by Crippen LogP contribution is -2.48. The highest BCUT2D eigenvalue weighted by molar-refractivity contribution is 6.47. The molecule has 2 aromatic carbocycles. The van der Waals surface area contributed by atoms with Crippen LogP contribution in [0.3, 0.4) is 0 Å². The third-order valence-corrected chi connectivity index (χ3v) is 5.46. The van der Waals surface area contributed by atoms with Gasteiger partial charge in [0, 0.05) is 0 Å². The predicted molar refractivity (Wildman–Crippen MR) is 114 cm³/mol. The van der Waals surface area contributed by atoms with E-state index in [2.05, 4.69) is 10.5 Å². The molecule has 1 saturated heterocycles. The molecule has 31 heavy (non-hydrogen) atoms. The molecule has 2 aliphatic heterocycles. The van der Waals surface area contributed by atoms with Gasteiger partial charge in [0.1, 0.15) is 11.7 Å². The van der Waals surface area contributed by atoms with Crippen LogP contribution in [0.4, 0.5) is 5.69 Å². The van der Waals surface area contributed by atoms with Gasteiger partial charge in [-0.05, 0) is 50.6 Å². The minimum Gasteiger partial charge on any atom is -0.494 e. The van der Waals surface area contributed by atoms with Crippen LogP contribution in [0.2, 0.25) is 0 Å². The molecule has 0 radical (unpaired) electrons. The normalized spacial score (nSPS) is 22.1. The molecule has 8 heteroatoms. The molecule has 0 bridgehead atoms. The highest BCUT2D eigenvalue weighted by atomic mass is 16.5. The van der Waals surface area contributed by atoms with E-state index in [0.717, 1.165) is 10.5 Å². The number of imide groups is 1. The second-order valence-electron chi connectivity index (χ2n) is 7.34. The number of benzene rings is 2. The van der Waals surface area contributed by atoms with Gasteiger partial charge in [0.2, 0.25) is 5.91 Å². The Morgan fingerprint density at radius 2 is 1.74 bits per heavy atom. The first-order chi connectivity index (χ1) is 14.9. The van der Waals surface area contributed by atoms with Crippen LogP contribution in [0.5, 0.6) is 5.75 Å². The van der Waals surface area contributed by atoms with Crippen molar-refractivity contribution in [2.24, 2.45) is 11.0 Å². The number of ether oxygens (including phenoxy) is 2. The van der Waals surface area contributed by atoms with Crippen LogP contribution >= 0.6 is 0 Å². The van der Waals surface area contributed by atoms with Crippen molar-refractivity contribution in [1.29, 1.82) is 0 Å². The smallest absolute Gasteiger partial charge is 0.355 e. The number of hydrogen-bond acceptors (Lipinski definition) is 7. The zero-order valence-electron chi connectivity index (χ0n) is 17.5. The first kappa shape index (κ1) is 20.6. The van der Waals surface area contributed by atoms with Gasteiger partial charge in [0.05, 0.1) is 18.9 Å². The fraction of sp³-hybridized carbons (Fsp3) is 0.304. The van der Waals surface area contributed by atoms with Crippen molar-refractivity contribution in [3.8, 4) is 5.75 Å². The van der Waals surface area contributed by atoms with Crippen molar-refractivity contribution in [2.75, 3.05) is 18.1 Å². The van der Waals surface area contributed by atoms with E-state index in [0.29, 0.717) is 23.6 Å². The molecular formula is C23H23N3O5. The SMILES string of the molecule is CCOC(=O)C1=NN[C@]2(c3ccc(C)cc3)C(=O)N(c3ccc(OCC)cc3)C(=O)[C@H]12.